The Bertz CT molecular complexity index is 352. The minimum Gasteiger partial charge on any atom is -0.378 e. The lowest BCUT2D eigenvalue weighted by atomic mass is 10.5. The number of hydrogen-bond acceptors (Lipinski definition) is 3. The summed E-state index contributed by atoms with van der Waals surface area (Å²) < 4.78 is 7.06. The smallest absolute Gasteiger partial charge is 0.119 e. The maximum atomic E-state index is 5.02. The van der Waals surface area contributed by atoms with Gasteiger partial charge in [0, 0.05) is 12.5 Å². The fourth-order valence-corrected chi connectivity index (χ4v) is 1.86. The summed E-state index contributed by atoms with van der Waals surface area (Å²) in [4.78, 5) is 5.19. The van der Waals surface area contributed by atoms with Crippen LogP contribution in [0.25, 0.3) is 4.83 Å². The molecule has 0 amide bonds. The third-order valence-corrected chi connectivity index (χ3v) is 2.46. The van der Waals surface area contributed by atoms with Crippen molar-refractivity contribution < 1.29 is 4.74 Å². The van der Waals surface area contributed by atoms with Crippen molar-refractivity contribution in [2.75, 3.05) is 7.11 Å². The number of methoxy groups -OCH3 is 1. The van der Waals surface area contributed by atoms with Gasteiger partial charge in [-0.3, -0.25) is 4.40 Å². The first-order valence-electron chi connectivity index (χ1n) is 3.29. The summed E-state index contributed by atoms with van der Waals surface area (Å²) in [5.74, 6) is 0. The Hall–Kier alpha value is -0.870. The highest BCUT2D eigenvalue weighted by Crippen LogP contribution is 2.15. The highest BCUT2D eigenvalue weighted by Gasteiger charge is 2.01. The van der Waals surface area contributed by atoms with Crippen LogP contribution in [0.2, 0.25) is 0 Å². The van der Waals surface area contributed by atoms with Gasteiger partial charge >= 0.3 is 0 Å². The van der Waals surface area contributed by atoms with Crippen molar-refractivity contribution in [2.24, 2.45) is 0 Å². The monoisotopic (exact) mass is 168 g/mol. The summed E-state index contributed by atoms with van der Waals surface area (Å²) in [6.45, 7) is 0.649. The van der Waals surface area contributed by atoms with E-state index < -0.39 is 0 Å². The zero-order valence-corrected chi connectivity index (χ0v) is 6.97. The molecule has 3 nitrogen and oxygen atoms in total. The van der Waals surface area contributed by atoms with Crippen molar-refractivity contribution in [3.05, 3.63) is 23.6 Å². The fraction of sp³-hybridized carbons (Fsp3) is 0.286. The molecular formula is C7H8N2OS. The van der Waals surface area contributed by atoms with Crippen LogP contribution in [-0.2, 0) is 11.3 Å². The van der Waals surface area contributed by atoms with Crippen LogP contribution in [0.5, 0.6) is 0 Å². The lowest BCUT2D eigenvalue weighted by Gasteiger charge is -1.94. The first kappa shape index (κ1) is 6.82. The summed E-state index contributed by atoms with van der Waals surface area (Å²) in [5, 5.41) is 2.08. The van der Waals surface area contributed by atoms with Gasteiger partial charge in [-0.05, 0) is 0 Å². The van der Waals surface area contributed by atoms with Gasteiger partial charge in [-0.15, -0.1) is 11.3 Å². The molecule has 2 heterocycles. The highest BCUT2D eigenvalue weighted by atomic mass is 32.1. The zero-order valence-electron chi connectivity index (χ0n) is 6.15. The summed E-state index contributed by atoms with van der Waals surface area (Å²) >= 11 is 1.68. The second kappa shape index (κ2) is 2.64. The first-order valence-corrected chi connectivity index (χ1v) is 4.17. The molecule has 0 unspecified atom stereocenters. The molecule has 0 radical (unpaired) electrons. The summed E-state index contributed by atoms with van der Waals surface area (Å²) in [6, 6.07) is 0. The van der Waals surface area contributed by atoms with Gasteiger partial charge in [0.2, 0.25) is 0 Å². The van der Waals surface area contributed by atoms with Crippen LogP contribution in [-0.4, -0.2) is 16.5 Å². The van der Waals surface area contributed by atoms with E-state index in [4.69, 9.17) is 4.74 Å². The van der Waals surface area contributed by atoms with Crippen molar-refractivity contribution in [1.82, 2.24) is 9.38 Å². The number of nitrogens with zero attached hydrogens (tertiary/aromatic N) is 2. The molecule has 4 heteroatoms. The standard InChI is InChI=1S/C7H8N2OS/c1-10-3-6-4-11-7-2-8-5-9(6)7/h2,4-5H,3H2,1H3. The quantitative estimate of drug-likeness (QED) is 0.680. The van der Waals surface area contributed by atoms with Crippen molar-refractivity contribution >= 4 is 16.2 Å². The molecule has 0 aliphatic heterocycles. The van der Waals surface area contributed by atoms with Crippen LogP contribution < -0.4 is 0 Å². The number of aromatic nitrogens is 2. The molecule has 0 atom stereocenters. The number of thiazole rings is 1. The molecule has 0 aromatic carbocycles. The summed E-state index contributed by atoms with van der Waals surface area (Å²) in [5.41, 5.74) is 1.16. The average Bonchev–Trinajstić information content (AvgIpc) is 2.53. The molecule has 11 heavy (non-hydrogen) atoms. The maximum absolute atomic E-state index is 5.02. The van der Waals surface area contributed by atoms with Gasteiger partial charge in [0.1, 0.15) is 11.2 Å². The topological polar surface area (TPSA) is 26.5 Å². The second-order valence-electron chi connectivity index (χ2n) is 2.26. The predicted octanol–water partition coefficient (Wildman–Crippen LogP) is 1.54. The zero-order chi connectivity index (χ0) is 7.68. The summed E-state index contributed by atoms with van der Waals surface area (Å²) in [7, 11) is 1.69. The minimum atomic E-state index is 0.649. The van der Waals surface area contributed by atoms with Crippen LogP contribution in [0.15, 0.2) is 17.9 Å². The van der Waals surface area contributed by atoms with Crippen LogP contribution in [0.4, 0.5) is 0 Å². The third kappa shape index (κ3) is 1.04. The van der Waals surface area contributed by atoms with Gasteiger partial charge in [-0.2, -0.15) is 0 Å². The minimum absolute atomic E-state index is 0.649. The molecule has 0 bridgehead atoms. The Morgan fingerprint density at radius 2 is 2.64 bits per heavy atom. The molecule has 2 rings (SSSR count). The number of fused-ring (bicyclic) bond motifs is 1. The number of hydrogen-bond donors (Lipinski definition) is 0. The normalized spacial score (nSPS) is 11.0. The van der Waals surface area contributed by atoms with Crippen LogP contribution in [0.3, 0.4) is 0 Å². The molecule has 0 spiro atoms. The molecule has 0 aliphatic rings. The van der Waals surface area contributed by atoms with E-state index in [0.29, 0.717) is 6.61 Å². The number of imidazole rings is 1. The van der Waals surface area contributed by atoms with E-state index in [2.05, 4.69) is 10.4 Å². The van der Waals surface area contributed by atoms with Crippen LogP contribution in [0, 0.1) is 0 Å². The fourth-order valence-electron chi connectivity index (χ4n) is 1.02. The average molecular weight is 168 g/mol. The van der Waals surface area contributed by atoms with Gasteiger partial charge in [-0.25, -0.2) is 4.98 Å². The molecule has 58 valence electrons. The molecular weight excluding hydrogens is 160 g/mol. The van der Waals surface area contributed by atoms with E-state index in [1.54, 1.807) is 24.8 Å². The van der Waals surface area contributed by atoms with Gasteiger partial charge in [-0.1, -0.05) is 0 Å². The van der Waals surface area contributed by atoms with Crippen molar-refractivity contribution in [3.8, 4) is 0 Å². The van der Waals surface area contributed by atoms with E-state index in [9.17, 15) is 0 Å². The van der Waals surface area contributed by atoms with E-state index in [1.165, 1.54) is 0 Å². The predicted molar refractivity (Wildman–Crippen MR) is 43.8 cm³/mol. The highest BCUT2D eigenvalue weighted by molar-refractivity contribution is 7.15. The molecule has 0 aliphatic carbocycles. The third-order valence-electron chi connectivity index (χ3n) is 1.52. The molecule has 2 aromatic rings. The second-order valence-corrected chi connectivity index (χ2v) is 3.15. The lowest BCUT2D eigenvalue weighted by molar-refractivity contribution is 0.181. The van der Waals surface area contributed by atoms with E-state index in [1.807, 2.05) is 10.6 Å². The molecule has 0 saturated heterocycles. The van der Waals surface area contributed by atoms with Gasteiger partial charge in [0.05, 0.1) is 18.5 Å². The van der Waals surface area contributed by atoms with Crippen LogP contribution >= 0.6 is 11.3 Å². The van der Waals surface area contributed by atoms with Gasteiger partial charge in [0.25, 0.3) is 0 Å². The molecule has 0 fully saturated rings. The lowest BCUT2D eigenvalue weighted by Crippen LogP contribution is -1.90. The molecule has 2 aromatic heterocycles. The Morgan fingerprint density at radius 3 is 3.45 bits per heavy atom. The van der Waals surface area contributed by atoms with E-state index in [0.717, 1.165) is 10.5 Å². The molecule has 0 N–H and O–H groups in total. The number of ether oxygens (including phenoxy) is 1. The van der Waals surface area contributed by atoms with Gasteiger partial charge in [0.15, 0.2) is 0 Å². The SMILES string of the molecule is COCc1csc2cncn12. The van der Waals surface area contributed by atoms with Crippen molar-refractivity contribution in [2.45, 2.75) is 6.61 Å². The Balaban J connectivity index is 2.51. The summed E-state index contributed by atoms with van der Waals surface area (Å²) in [6.07, 6.45) is 3.66. The number of rotatable bonds is 2. The van der Waals surface area contributed by atoms with Crippen molar-refractivity contribution in [3.63, 3.8) is 0 Å². The Kier molecular flexibility index (Phi) is 1.63. The Labute approximate surface area is 68.3 Å². The van der Waals surface area contributed by atoms with Crippen LogP contribution in [0.1, 0.15) is 5.69 Å². The largest absolute Gasteiger partial charge is 0.378 e. The molecule has 0 saturated carbocycles. The first-order chi connectivity index (χ1) is 5.42. The van der Waals surface area contributed by atoms with E-state index >= 15 is 0 Å². The van der Waals surface area contributed by atoms with Gasteiger partial charge < -0.3 is 4.74 Å². The maximum Gasteiger partial charge on any atom is 0.119 e. The van der Waals surface area contributed by atoms with E-state index in [-0.39, 0.29) is 0 Å². The van der Waals surface area contributed by atoms with Crippen molar-refractivity contribution in [1.29, 1.82) is 0 Å². The Morgan fingerprint density at radius 1 is 1.73 bits per heavy atom.